The maximum atomic E-state index is 12.2. The van der Waals surface area contributed by atoms with Crippen molar-refractivity contribution in [3.8, 4) is 0 Å². The van der Waals surface area contributed by atoms with Gasteiger partial charge in [-0.2, -0.15) is 0 Å². The van der Waals surface area contributed by atoms with Gasteiger partial charge in [0.05, 0.1) is 4.92 Å². The van der Waals surface area contributed by atoms with Crippen LogP contribution in [0.1, 0.15) is 16.8 Å². The van der Waals surface area contributed by atoms with Crippen LogP contribution in [0.5, 0.6) is 0 Å². The van der Waals surface area contributed by atoms with Crippen LogP contribution >= 0.6 is 15.9 Å². The lowest BCUT2D eigenvalue weighted by atomic mass is 10.1. The molecule has 6 heteroatoms. The average Bonchev–Trinajstić information content (AvgIpc) is 2.86. The molecule has 2 rings (SSSR count). The minimum absolute atomic E-state index is 0.121. The Labute approximate surface area is 113 Å². The van der Waals surface area contributed by atoms with Gasteiger partial charge in [0.1, 0.15) is 5.56 Å². The molecule has 0 saturated carbocycles. The number of nitrogens with zero attached hydrogens (tertiary/aromatic N) is 2. The zero-order chi connectivity index (χ0) is 13.1. The molecule has 0 bridgehead atoms. The van der Waals surface area contributed by atoms with Crippen LogP contribution in [-0.2, 0) is 0 Å². The summed E-state index contributed by atoms with van der Waals surface area (Å²) in [4.78, 5) is 24.3. The van der Waals surface area contributed by atoms with E-state index < -0.39 is 4.92 Å². The quantitative estimate of drug-likeness (QED) is 0.489. The first-order valence-electron chi connectivity index (χ1n) is 5.72. The Morgan fingerprint density at radius 2 is 2.22 bits per heavy atom. The summed E-state index contributed by atoms with van der Waals surface area (Å²) in [6, 6.07) is 6.10. The molecule has 0 spiro atoms. The summed E-state index contributed by atoms with van der Waals surface area (Å²) < 4.78 is 0. The Bertz CT molecular complexity index is 478. The second-order valence-corrected chi connectivity index (χ2v) is 4.98. The largest absolute Gasteiger partial charge is 0.338 e. The summed E-state index contributed by atoms with van der Waals surface area (Å²) in [5, 5.41) is 11.7. The molecule has 1 saturated heterocycles. The zero-order valence-corrected chi connectivity index (χ0v) is 11.3. The number of nitro benzene ring substituents is 1. The average molecular weight is 313 g/mol. The molecule has 1 heterocycles. The predicted octanol–water partition coefficient (Wildman–Crippen LogP) is 2.45. The van der Waals surface area contributed by atoms with Crippen molar-refractivity contribution >= 4 is 27.5 Å². The maximum Gasteiger partial charge on any atom is 0.282 e. The van der Waals surface area contributed by atoms with E-state index in [9.17, 15) is 14.9 Å². The lowest BCUT2D eigenvalue weighted by Gasteiger charge is -2.16. The van der Waals surface area contributed by atoms with E-state index in [1.165, 1.54) is 12.1 Å². The molecule has 1 aliphatic rings. The van der Waals surface area contributed by atoms with E-state index in [2.05, 4.69) is 15.9 Å². The number of halogens is 1. The molecule has 1 aliphatic heterocycles. The zero-order valence-electron chi connectivity index (χ0n) is 9.71. The van der Waals surface area contributed by atoms with Crippen LogP contribution in [0.25, 0.3) is 0 Å². The van der Waals surface area contributed by atoms with Crippen LogP contribution in [0.3, 0.4) is 0 Å². The van der Waals surface area contributed by atoms with Gasteiger partial charge in [-0.1, -0.05) is 28.1 Å². The number of carbonyl (C=O) groups excluding carboxylic acids is 1. The molecule has 0 aliphatic carbocycles. The summed E-state index contributed by atoms with van der Waals surface area (Å²) in [5.41, 5.74) is 0.0579. The van der Waals surface area contributed by atoms with E-state index in [4.69, 9.17) is 0 Å². The van der Waals surface area contributed by atoms with E-state index in [1.54, 1.807) is 17.0 Å². The van der Waals surface area contributed by atoms with Crippen LogP contribution < -0.4 is 0 Å². The van der Waals surface area contributed by atoms with Gasteiger partial charge in [0.25, 0.3) is 11.6 Å². The number of nitro groups is 1. The standard InChI is InChI=1S/C12H13BrN2O3/c13-7-9-5-6-14(8-9)12(16)10-3-1-2-4-11(10)15(17)18/h1-4,9H,5-8H2. The first-order chi connectivity index (χ1) is 8.63. The highest BCUT2D eigenvalue weighted by Crippen LogP contribution is 2.24. The van der Waals surface area contributed by atoms with Crippen molar-refractivity contribution in [3.05, 3.63) is 39.9 Å². The van der Waals surface area contributed by atoms with Crippen molar-refractivity contribution in [2.24, 2.45) is 5.92 Å². The molecule has 18 heavy (non-hydrogen) atoms. The number of likely N-dealkylation sites (tertiary alicyclic amines) is 1. The smallest absolute Gasteiger partial charge is 0.282 e. The topological polar surface area (TPSA) is 63.4 Å². The summed E-state index contributed by atoms with van der Waals surface area (Å²) in [6.45, 7) is 1.33. The first kappa shape index (κ1) is 13.0. The number of carbonyl (C=O) groups is 1. The molecule has 0 N–H and O–H groups in total. The molecule has 1 fully saturated rings. The predicted molar refractivity (Wildman–Crippen MR) is 70.9 cm³/mol. The fraction of sp³-hybridized carbons (Fsp3) is 0.417. The minimum Gasteiger partial charge on any atom is -0.338 e. The van der Waals surface area contributed by atoms with E-state index in [0.717, 1.165) is 11.8 Å². The summed E-state index contributed by atoms with van der Waals surface area (Å²) >= 11 is 3.40. The van der Waals surface area contributed by atoms with E-state index in [-0.39, 0.29) is 17.2 Å². The molecule has 1 amide bonds. The lowest BCUT2D eigenvalue weighted by Crippen LogP contribution is -2.29. The third kappa shape index (κ3) is 2.53. The van der Waals surface area contributed by atoms with Crippen LogP contribution in [0.4, 0.5) is 5.69 Å². The molecule has 0 aromatic heterocycles. The number of amides is 1. The van der Waals surface area contributed by atoms with Gasteiger partial charge in [-0.05, 0) is 18.4 Å². The van der Waals surface area contributed by atoms with E-state index in [1.807, 2.05) is 0 Å². The van der Waals surface area contributed by atoms with Crippen molar-refractivity contribution in [3.63, 3.8) is 0 Å². The molecular formula is C12H13BrN2O3. The van der Waals surface area contributed by atoms with Gasteiger partial charge in [-0.3, -0.25) is 14.9 Å². The SMILES string of the molecule is O=C(c1ccccc1[N+](=O)[O-])N1CCC(CBr)C1. The van der Waals surface area contributed by atoms with Gasteiger partial charge < -0.3 is 4.90 Å². The molecule has 1 unspecified atom stereocenters. The lowest BCUT2D eigenvalue weighted by molar-refractivity contribution is -0.385. The summed E-state index contributed by atoms with van der Waals surface area (Å²) in [7, 11) is 0. The highest BCUT2D eigenvalue weighted by atomic mass is 79.9. The van der Waals surface area contributed by atoms with Gasteiger partial charge in [0.15, 0.2) is 0 Å². The summed E-state index contributed by atoms with van der Waals surface area (Å²) in [5.74, 6) is 0.197. The number of hydrogen-bond acceptors (Lipinski definition) is 3. The minimum atomic E-state index is -0.509. The molecule has 1 aromatic rings. The Balaban J connectivity index is 2.22. The van der Waals surface area contributed by atoms with Crippen LogP contribution in [0.15, 0.2) is 24.3 Å². The molecule has 1 aromatic carbocycles. The van der Waals surface area contributed by atoms with Crippen LogP contribution in [-0.4, -0.2) is 34.2 Å². The van der Waals surface area contributed by atoms with Gasteiger partial charge in [0.2, 0.25) is 0 Å². The van der Waals surface area contributed by atoms with Crippen molar-refractivity contribution < 1.29 is 9.72 Å². The van der Waals surface area contributed by atoms with Crippen molar-refractivity contribution in [1.82, 2.24) is 4.90 Å². The third-order valence-electron chi connectivity index (χ3n) is 3.12. The number of alkyl halides is 1. The normalized spacial score (nSPS) is 18.9. The fourth-order valence-electron chi connectivity index (χ4n) is 2.13. The van der Waals surface area contributed by atoms with Gasteiger partial charge in [0, 0.05) is 24.5 Å². The Hall–Kier alpha value is -1.43. The first-order valence-corrected chi connectivity index (χ1v) is 6.84. The molecular weight excluding hydrogens is 300 g/mol. The van der Waals surface area contributed by atoms with Crippen LogP contribution in [0.2, 0.25) is 0 Å². The van der Waals surface area contributed by atoms with E-state index >= 15 is 0 Å². The second kappa shape index (κ2) is 5.48. The third-order valence-corrected chi connectivity index (χ3v) is 4.04. The van der Waals surface area contributed by atoms with Gasteiger partial charge >= 0.3 is 0 Å². The summed E-state index contributed by atoms with van der Waals surface area (Å²) in [6.07, 6.45) is 0.942. The molecule has 96 valence electrons. The van der Waals surface area contributed by atoms with Crippen molar-refractivity contribution in [2.75, 3.05) is 18.4 Å². The Kier molecular flexibility index (Phi) is 3.96. The highest BCUT2D eigenvalue weighted by molar-refractivity contribution is 9.09. The maximum absolute atomic E-state index is 12.2. The van der Waals surface area contributed by atoms with Crippen molar-refractivity contribution in [1.29, 1.82) is 0 Å². The molecule has 1 atom stereocenters. The Morgan fingerprint density at radius 3 is 2.83 bits per heavy atom. The molecule has 0 radical (unpaired) electrons. The number of rotatable bonds is 3. The van der Waals surface area contributed by atoms with Gasteiger partial charge in [-0.15, -0.1) is 0 Å². The number of hydrogen-bond donors (Lipinski definition) is 0. The molecule has 5 nitrogen and oxygen atoms in total. The number of benzene rings is 1. The van der Waals surface area contributed by atoms with Gasteiger partial charge in [-0.25, -0.2) is 0 Å². The number of para-hydroxylation sites is 1. The van der Waals surface area contributed by atoms with E-state index in [0.29, 0.717) is 19.0 Å². The Morgan fingerprint density at radius 1 is 1.50 bits per heavy atom. The monoisotopic (exact) mass is 312 g/mol. The second-order valence-electron chi connectivity index (χ2n) is 4.33. The van der Waals surface area contributed by atoms with Crippen LogP contribution in [0, 0.1) is 16.0 Å². The highest BCUT2D eigenvalue weighted by Gasteiger charge is 2.29. The fourth-order valence-corrected chi connectivity index (χ4v) is 2.66. The van der Waals surface area contributed by atoms with Crippen molar-refractivity contribution in [2.45, 2.75) is 6.42 Å².